The molecule has 0 bridgehead atoms. The van der Waals surface area contributed by atoms with Crippen LogP contribution in [-0.2, 0) is 0 Å². The van der Waals surface area contributed by atoms with Crippen LogP contribution in [0.15, 0.2) is 218 Å². The third-order valence-corrected chi connectivity index (χ3v) is 13.1. The highest BCUT2D eigenvalue weighted by molar-refractivity contribution is 7.25. The van der Waals surface area contributed by atoms with Gasteiger partial charge < -0.3 is 9.47 Å². The van der Waals surface area contributed by atoms with Crippen LogP contribution < -0.4 is 4.90 Å². The van der Waals surface area contributed by atoms with Crippen LogP contribution in [-0.4, -0.2) is 4.57 Å². The van der Waals surface area contributed by atoms with E-state index in [9.17, 15) is 0 Å². The van der Waals surface area contributed by atoms with Crippen LogP contribution in [0.4, 0.5) is 17.1 Å². The van der Waals surface area contributed by atoms with Crippen molar-refractivity contribution in [1.82, 2.24) is 4.57 Å². The van der Waals surface area contributed by atoms with Crippen molar-refractivity contribution in [1.29, 1.82) is 0 Å². The molecule has 12 rings (SSSR count). The van der Waals surface area contributed by atoms with Gasteiger partial charge in [0, 0.05) is 58.8 Å². The van der Waals surface area contributed by atoms with Crippen LogP contribution in [0.25, 0.3) is 91.5 Å². The number of rotatable bonds is 6. The molecule has 0 N–H and O–H groups in total. The Bertz CT molecular complexity index is 3540. The Morgan fingerprint density at radius 2 is 0.898 bits per heavy atom. The molecule has 0 saturated carbocycles. The molecule has 0 saturated heterocycles. The molecule has 0 aliphatic carbocycles. The Labute approximate surface area is 346 Å². The van der Waals surface area contributed by atoms with Crippen LogP contribution >= 0.6 is 11.3 Å². The normalized spacial score (nSPS) is 11.7. The topological polar surface area (TPSA) is 8.17 Å². The summed E-state index contributed by atoms with van der Waals surface area (Å²) >= 11 is 1.86. The first-order chi connectivity index (χ1) is 29.2. The molecule has 0 radical (unpaired) electrons. The van der Waals surface area contributed by atoms with Crippen LogP contribution in [0.5, 0.6) is 0 Å². The van der Waals surface area contributed by atoms with Crippen molar-refractivity contribution < 1.29 is 0 Å². The van der Waals surface area contributed by atoms with Crippen molar-refractivity contribution in [2.75, 3.05) is 4.90 Å². The lowest BCUT2D eigenvalue weighted by Gasteiger charge is -2.27. The summed E-state index contributed by atoms with van der Waals surface area (Å²) in [6, 6.07) is 80.0. The minimum Gasteiger partial charge on any atom is -0.310 e. The number of hydrogen-bond acceptors (Lipinski definition) is 2. The monoisotopic (exact) mass is 768 g/mol. The van der Waals surface area contributed by atoms with Crippen molar-refractivity contribution in [3.8, 4) is 27.9 Å². The number of anilines is 3. The summed E-state index contributed by atoms with van der Waals surface area (Å²) in [6.07, 6.45) is 0. The van der Waals surface area contributed by atoms with Gasteiger partial charge in [-0.1, -0.05) is 152 Å². The molecule has 12 aromatic rings. The molecule has 0 atom stereocenters. The van der Waals surface area contributed by atoms with Crippen LogP contribution in [0, 0.1) is 0 Å². The van der Waals surface area contributed by atoms with Crippen molar-refractivity contribution in [3.63, 3.8) is 0 Å². The summed E-state index contributed by atoms with van der Waals surface area (Å²) in [5.41, 5.74) is 11.8. The fourth-order valence-electron chi connectivity index (χ4n) is 9.15. The molecule has 0 fully saturated rings. The summed E-state index contributed by atoms with van der Waals surface area (Å²) in [4.78, 5) is 2.40. The zero-order chi connectivity index (χ0) is 38.9. The molecular weight excluding hydrogens is 733 g/mol. The van der Waals surface area contributed by atoms with Crippen LogP contribution in [0.3, 0.4) is 0 Å². The fraction of sp³-hybridized carbons (Fsp3) is 0. The number of benzene rings is 10. The van der Waals surface area contributed by atoms with Gasteiger partial charge in [0.25, 0.3) is 0 Å². The van der Waals surface area contributed by atoms with Gasteiger partial charge in [0.1, 0.15) is 0 Å². The van der Waals surface area contributed by atoms with Gasteiger partial charge >= 0.3 is 0 Å². The molecular formula is C56H36N2S. The van der Waals surface area contributed by atoms with Gasteiger partial charge in [0.05, 0.1) is 16.7 Å². The van der Waals surface area contributed by atoms with E-state index in [1.54, 1.807) is 0 Å². The Morgan fingerprint density at radius 3 is 1.66 bits per heavy atom. The molecule has 2 aromatic heterocycles. The van der Waals surface area contributed by atoms with Gasteiger partial charge in [0.2, 0.25) is 0 Å². The lowest BCUT2D eigenvalue weighted by Crippen LogP contribution is -2.10. The van der Waals surface area contributed by atoms with E-state index in [1.807, 2.05) is 11.3 Å². The Hall–Kier alpha value is -7.46. The number of hydrogen-bond donors (Lipinski definition) is 0. The van der Waals surface area contributed by atoms with E-state index >= 15 is 0 Å². The second-order valence-electron chi connectivity index (χ2n) is 15.3. The van der Waals surface area contributed by atoms with E-state index in [2.05, 4.69) is 228 Å². The molecule has 2 nitrogen and oxygen atoms in total. The summed E-state index contributed by atoms with van der Waals surface area (Å²) in [5.74, 6) is 0. The number of thiophene rings is 1. The standard InChI is InChI=1S/C56H36N2S/c1-2-14-43(15-3-1)58-53-36-42(26-32-48(53)50-33-25-40-12-5-7-17-47(40)56(50)58)38-23-30-45(31-24-38)57(52-19-10-13-39-11-4-6-16-46(39)52)44-28-21-37(22-29-44)41-27-34-55-51(35-41)49-18-8-9-20-54(49)59-55/h1-36H. The van der Waals surface area contributed by atoms with Crippen LogP contribution in [0.1, 0.15) is 0 Å². The highest BCUT2D eigenvalue weighted by Crippen LogP contribution is 2.43. The predicted molar refractivity (Wildman–Crippen MR) is 254 cm³/mol. The van der Waals surface area contributed by atoms with Gasteiger partial charge in [-0.3, -0.25) is 0 Å². The maximum absolute atomic E-state index is 2.44. The smallest absolute Gasteiger partial charge is 0.0619 e. The number of para-hydroxylation sites is 1. The van der Waals surface area contributed by atoms with Gasteiger partial charge in [-0.25, -0.2) is 0 Å². The molecule has 276 valence electrons. The molecule has 2 heterocycles. The summed E-state index contributed by atoms with van der Waals surface area (Å²) in [6.45, 7) is 0. The van der Waals surface area contributed by atoms with E-state index < -0.39 is 0 Å². The second kappa shape index (κ2) is 13.6. The SMILES string of the molecule is c1ccc(-n2c3cc(-c4ccc(N(c5ccc(-c6ccc7sc8ccccc8c7c6)cc5)c5cccc6ccccc56)cc4)ccc3c3ccc4ccccc4c32)cc1. The highest BCUT2D eigenvalue weighted by Gasteiger charge is 2.18. The largest absolute Gasteiger partial charge is 0.310 e. The quantitative estimate of drug-likeness (QED) is 0.164. The van der Waals surface area contributed by atoms with E-state index in [0.29, 0.717) is 0 Å². The van der Waals surface area contributed by atoms with E-state index in [-0.39, 0.29) is 0 Å². The van der Waals surface area contributed by atoms with Crippen molar-refractivity contribution >= 4 is 91.9 Å². The number of nitrogens with zero attached hydrogens (tertiary/aromatic N) is 2. The van der Waals surface area contributed by atoms with Crippen molar-refractivity contribution in [2.45, 2.75) is 0 Å². The Balaban J connectivity index is 0.966. The molecule has 0 amide bonds. The lowest BCUT2D eigenvalue weighted by molar-refractivity contribution is 1.19. The molecule has 0 unspecified atom stereocenters. The van der Waals surface area contributed by atoms with E-state index in [1.165, 1.54) is 85.8 Å². The maximum atomic E-state index is 2.44. The van der Waals surface area contributed by atoms with Crippen LogP contribution in [0.2, 0.25) is 0 Å². The first-order valence-electron chi connectivity index (χ1n) is 20.2. The van der Waals surface area contributed by atoms with Gasteiger partial charge in [0.15, 0.2) is 0 Å². The maximum Gasteiger partial charge on any atom is 0.0619 e. The average molecular weight is 769 g/mol. The van der Waals surface area contributed by atoms with Crippen molar-refractivity contribution in [3.05, 3.63) is 218 Å². The highest BCUT2D eigenvalue weighted by atomic mass is 32.1. The summed E-state index contributed by atoms with van der Waals surface area (Å²) in [7, 11) is 0. The summed E-state index contributed by atoms with van der Waals surface area (Å²) < 4.78 is 5.10. The Morgan fingerprint density at radius 1 is 0.339 bits per heavy atom. The number of fused-ring (bicyclic) bond motifs is 9. The third-order valence-electron chi connectivity index (χ3n) is 12.0. The van der Waals surface area contributed by atoms with E-state index in [0.717, 1.165) is 22.7 Å². The first-order valence-corrected chi connectivity index (χ1v) is 21.0. The molecule has 3 heteroatoms. The summed E-state index contributed by atoms with van der Waals surface area (Å²) in [5, 5.41) is 10.1. The zero-order valence-corrected chi connectivity index (χ0v) is 32.9. The number of aromatic nitrogens is 1. The van der Waals surface area contributed by atoms with Gasteiger partial charge in [-0.2, -0.15) is 0 Å². The molecule has 0 aliphatic rings. The Kier molecular flexibility index (Phi) is 7.75. The molecule has 10 aromatic carbocycles. The first kappa shape index (κ1) is 33.7. The van der Waals surface area contributed by atoms with E-state index in [4.69, 9.17) is 0 Å². The molecule has 59 heavy (non-hydrogen) atoms. The molecule has 0 aliphatic heterocycles. The minimum atomic E-state index is 1.11. The van der Waals surface area contributed by atoms with Gasteiger partial charge in [-0.15, -0.1) is 11.3 Å². The second-order valence-corrected chi connectivity index (χ2v) is 16.4. The van der Waals surface area contributed by atoms with Gasteiger partial charge in [-0.05, 0) is 99.8 Å². The lowest BCUT2D eigenvalue weighted by atomic mass is 10.0. The predicted octanol–water partition coefficient (Wildman–Crippen LogP) is 16.3. The average Bonchev–Trinajstić information content (AvgIpc) is 3.85. The minimum absolute atomic E-state index is 1.11. The fourth-order valence-corrected chi connectivity index (χ4v) is 10.2. The third kappa shape index (κ3) is 5.55. The molecule has 0 spiro atoms. The van der Waals surface area contributed by atoms with Crippen molar-refractivity contribution in [2.24, 2.45) is 0 Å². The zero-order valence-electron chi connectivity index (χ0n) is 32.1.